The van der Waals surface area contributed by atoms with Crippen molar-refractivity contribution in [2.24, 2.45) is 0 Å². The molecule has 8 heteroatoms. The van der Waals surface area contributed by atoms with E-state index in [2.05, 4.69) is 4.98 Å². The average Bonchev–Trinajstić information content (AvgIpc) is 2.87. The molecule has 1 aromatic heterocycles. The number of nitrogen functional groups attached to an aromatic ring is 1. The minimum atomic E-state index is -1.17. The maximum atomic E-state index is 11.3. The highest BCUT2D eigenvalue weighted by molar-refractivity contribution is 7.19. The van der Waals surface area contributed by atoms with Crippen LogP contribution in [0.5, 0.6) is 17.2 Å². The number of rotatable bonds is 5. The number of anilines is 1. The van der Waals surface area contributed by atoms with E-state index in [0.29, 0.717) is 27.7 Å². The highest BCUT2D eigenvalue weighted by Crippen LogP contribution is 2.45. The molecule has 0 amide bonds. The lowest BCUT2D eigenvalue weighted by Gasteiger charge is -2.14. The summed E-state index contributed by atoms with van der Waals surface area (Å²) < 4.78 is 15.8. The van der Waals surface area contributed by atoms with Gasteiger partial charge in [0.15, 0.2) is 10.8 Å². The molecule has 0 saturated heterocycles. The molecule has 112 valence electrons. The Morgan fingerprint density at radius 1 is 1.19 bits per heavy atom. The zero-order valence-electron chi connectivity index (χ0n) is 11.7. The Morgan fingerprint density at radius 3 is 2.19 bits per heavy atom. The smallest absolute Gasteiger partial charge is 0.356 e. The van der Waals surface area contributed by atoms with Crippen LogP contribution in [0.25, 0.3) is 10.4 Å². The third kappa shape index (κ3) is 2.70. The summed E-state index contributed by atoms with van der Waals surface area (Å²) in [4.78, 5) is 15.5. The number of carboxylic acid groups (broad SMARTS) is 1. The minimum absolute atomic E-state index is 0.140. The van der Waals surface area contributed by atoms with Crippen molar-refractivity contribution >= 4 is 22.4 Å². The van der Waals surface area contributed by atoms with Gasteiger partial charge >= 0.3 is 5.97 Å². The molecular weight excluding hydrogens is 296 g/mol. The first kappa shape index (κ1) is 14.9. The summed E-state index contributed by atoms with van der Waals surface area (Å²) in [5.41, 5.74) is 5.97. The molecule has 0 atom stereocenters. The number of aromatic nitrogens is 1. The third-order valence-corrected chi connectivity index (χ3v) is 3.69. The number of hydrogen-bond acceptors (Lipinski definition) is 7. The second kappa shape index (κ2) is 5.88. The minimum Gasteiger partial charge on any atom is -0.496 e. The molecule has 0 radical (unpaired) electrons. The Labute approximate surface area is 124 Å². The van der Waals surface area contributed by atoms with E-state index in [0.717, 1.165) is 11.3 Å². The number of nitrogens with two attached hydrogens (primary N) is 1. The molecule has 7 nitrogen and oxygen atoms in total. The van der Waals surface area contributed by atoms with Gasteiger partial charge in [-0.2, -0.15) is 0 Å². The fourth-order valence-corrected chi connectivity index (χ4v) is 2.76. The molecule has 0 unspecified atom stereocenters. The molecule has 0 saturated carbocycles. The maximum Gasteiger partial charge on any atom is 0.356 e. The van der Waals surface area contributed by atoms with E-state index in [1.165, 1.54) is 21.3 Å². The summed E-state index contributed by atoms with van der Waals surface area (Å²) in [7, 11) is 4.46. The molecule has 0 aliphatic carbocycles. The third-order valence-electron chi connectivity index (χ3n) is 2.79. The van der Waals surface area contributed by atoms with Crippen LogP contribution in [0, 0.1) is 0 Å². The first-order valence-electron chi connectivity index (χ1n) is 5.81. The van der Waals surface area contributed by atoms with Gasteiger partial charge in [0, 0.05) is 12.1 Å². The molecule has 3 N–H and O–H groups in total. The molecule has 0 bridgehead atoms. The zero-order chi connectivity index (χ0) is 15.6. The Balaban J connectivity index is 2.76. The van der Waals surface area contributed by atoms with Crippen molar-refractivity contribution in [3.63, 3.8) is 0 Å². The van der Waals surface area contributed by atoms with Crippen LogP contribution in [0.4, 0.5) is 5.13 Å². The van der Waals surface area contributed by atoms with E-state index < -0.39 is 5.97 Å². The summed E-state index contributed by atoms with van der Waals surface area (Å²) in [6.45, 7) is 0. The lowest BCUT2D eigenvalue weighted by Crippen LogP contribution is -2.01. The Bertz CT molecular complexity index is 658. The van der Waals surface area contributed by atoms with E-state index in [1.54, 1.807) is 12.1 Å². The SMILES string of the molecule is COc1cc(OC)c(-c2sc(N)nc2C(=O)O)c(OC)c1. The Hall–Kier alpha value is -2.48. The van der Waals surface area contributed by atoms with Crippen molar-refractivity contribution in [2.75, 3.05) is 27.1 Å². The number of methoxy groups -OCH3 is 3. The van der Waals surface area contributed by atoms with Crippen LogP contribution in [0.3, 0.4) is 0 Å². The Morgan fingerprint density at radius 2 is 1.76 bits per heavy atom. The van der Waals surface area contributed by atoms with E-state index in [1.807, 2.05) is 0 Å². The molecule has 0 aliphatic rings. The summed E-state index contributed by atoms with van der Waals surface area (Å²) in [5, 5.41) is 9.41. The number of hydrogen-bond donors (Lipinski definition) is 2. The fourth-order valence-electron chi connectivity index (χ4n) is 1.88. The van der Waals surface area contributed by atoms with Gasteiger partial charge in [0.2, 0.25) is 0 Å². The van der Waals surface area contributed by atoms with Gasteiger partial charge in [-0.3, -0.25) is 0 Å². The standard InChI is InChI=1S/C13H14N2O5S/c1-18-6-4-7(19-2)9(8(5-6)20-3)11-10(12(16)17)15-13(14)21-11/h4-5H,1-3H3,(H2,14,15)(H,16,17). The van der Waals surface area contributed by atoms with Crippen molar-refractivity contribution in [1.82, 2.24) is 4.98 Å². The van der Waals surface area contributed by atoms with Gasteiger partial charge in [0.1, 0.15) is 17.2 Å². The predicted octanol–water partition coefficient (Wildman–Crippen LogP) is 2.12. The maximum absolute atomic E-state index is 11.3. The molecule has 0 fully saturated rings. The highest BCUT2D eigenvalue weighted by Gasteiger charge is 2.24. The van der Waals surface area contributed by atoms with Crippen molar-refractivity contribution in [2.45, 2.75) is 0 Å². The van der Waals surface area contributed by atoms with Crippen LogP contribution >= 0.6 is 11.3 Å². The number of nitrogens with zero attached hydrogens (tertiary/aromatic N) is 1. The molecule has 21 heavy (non-hydrogen) atoms. The number of thiazole rings is 1. The van der Waals surface area contributed by atoms with Gasteiger partial charge in [-0.15, -0.1) is 0 Å². The average molecular weight is 310 g/mol. The summed E-state index contributed by atoms with van der Waals surface area (Å²) in [5.74, 6) is 0.189. The van der Waals surface area contributed by atoms with Crippen LogP contribution in [0.2, 0.25) is 0 Å². The van der Waals surface area contributed by atoms with Crippen molar-refractivity contribution in [3.05, 3.63) is 17.8 Å². The molecule has 2 rings (SSSR count). The Kier molecular flexibility index (Phi) is 4.18. The number of benzene rings is 1. The van der Waals surface area contributed by atoms with E-state index in [4.69, 9.17) is 19.9 Å². The first-order chi connectivity index (χ1) is 10.0. The van der Waals surface area contributed by atoms with E-state index in [9.17, 15) is 9.90 Å². The zero-order valence-corrected chi connectivity index (χ0v) is 12.5. The lowest BCUT2D eigenvalue weighted by molar-refractivity contribution is 0.0692. The second-order valence-electron chi connectivity index (χ2n) is 3.94. The van der Waals surface area contributed by atoms with E-state index in [-0.39, 0.29) is 10.8 Å². The van der Waals surface area contributed by atoms with Gasteiger partial charge in [-0.25, -0.2) is 9.78 Å². The molecular formula is C13H14N2O5S. The van der Waals surface area contributed by atoms with Gasteiger partial charge in [-0.1, -0.05) is 11.3 Å². The number of aromatic carboxylic acids is 1. The normalized spacial score (nSPS) is 10.2. The van der Waals surface area contributed by atoms with Gasteiger partial charge < -0.3 is 25.1 Å². The number of carboxylic acids is 1. The quantitative estimate of drug-likeness (QED) is 0.871. The second-order valence-corrected chi connectivity index (χ2v) is 4.97. The van der Waals surface area contributed by atoms with Crippen molar-refractivity contribution in [1.29, 1.82) is 0 Å². The van der Waals surface area contributed by atoms with Crippen LogP contribution in [-0.2, 0) is 0 Å². The molecule has 0 aliphatic heterocycles. The lowest BCUT2D eigenvalue weighted by atomic mass is 10.1. The van der Waals surface area contributed by atoms with E-state index >= 15 is 0 Å². The van der Waals surface area contributed by atoms with Crippen LogP contribution in [0.1, 0.15) is 10.5 Å². The summed E-state index contributed by atoms with van der Waals surface area (Å²) in [6.07, 6.45) is 0. The van der Waals surface area contributed by atoms with Crippen LogP contribution < -0.4 is 19.9 Å². The van der Waals surface area contributed by atoms with Crippen molar-refractivity contribution < 1.29 is 24.1 Å². The predicted molar refractivity (Wildman–Crippen MR) is 78.6 cm³/mol. The van der Waals surface area contributed by atoms with Gasteiger partial charge in [-0.05, 0) is 0 Å². The van der Waals surface area contributed by atoms with Crippen molar-refractivity contribution in [3.8, 4) is 27.7 Å². The van der Waals surface area contributed by atoms with Gasteiger partial charge in [0.05, 0.1) is 31.8 Å². The highest BCUT2D eigenvalue weighted by atomic mass is 32.1. The molecule has 1 heterocycles. The monoisotopic (exact) mass is 310 g/mol. The molecule has 0 spiro atoms. The molecule has 2 aromatic rings. The molecule has 1 aromatic carbocycles. The van der Waals surface area contributed by atoms with Gasteiger partial charge in [0.25, 0.3) is 0 Å². The summed E-state index contributed by atoms with van der Waals surface area (Å²) >= 11 is 1.05. The largest absolute Gasteiger partial charge is 0.496 e. The van der Waals surface area contributed by atoms with Crippen LogP contribution in [0.15, 0.2) is 12.1 Å². The summed E-state index contributed by atoms with van der Waals surface area (Å²) in [6, 6.07) is 3.28. The van der Waals surface area contributed by atoms with Crippen LogP contribution in [-0.4, -0.2) is 37.4 Å². The fraction of sp³-hybridized carbons (Fsp3) is 0.231. The first-order valence-corrected chi connectivity index (χ1v) is 6.63. The number of carbonyl (C=O) groups is 1. The topological polar surface area (TPSA) is 104 Å². The number of ether oxygens (including phenoxy) is 3.